The minimum absolute atomic E-state index is 0.0200. The van der Waals surface area contributed by atoms with Crippen LogP contribution < -0.4 is 0 Å². The van der Waals surface area contributed by atoms with Gasteiger partial charge in [0.15, 0.2) is 18.4 Å². The summed E-state index contributed by atoms with van der Waals surface area (Å²) < 4.78 is 22.8. The van der Waals surface area contributed by atoms with Crippen LogP contribution in [-0.4, -0.2) is 66.6 Å². The molecule has 2 N–H and O–H groups in total. The normalized spacial score (nSPS) is 51.2. The molecule has 212 valence electrons. The highest BCUT2D eigenvalue weighted by atomic mass is 16.8. The molecular formula is C30H44O8. The number of ether oxygens (including phenoxy) is 4. The summed E-state index contributed by atoms with van der Waals surface area (Å²) >= 11 is 0. The van der Waals surface area contributed by atoms with Crippen LogP contribution in [0, 0.1) is 39.4 Å². The zero-order valence-electron chi connectivity index (χ0n) is 23.9. The first-order valence-electron chi connectivity index (χ1n) is 13.9. The fourth-order valence-electron chi connectivity index (χ4n) is 9.78. The third-order valence-electron chi connectivity index (χ3n) is 11.6. The molecule has 0 radical (unpaired) electrons. The summed E-state index contributed by atoms with van der Waals surface area (Å²) in [6, 6.07) is 0. The molecular weight excluding hydrogens is 488 g/mol. The molecule has 3 fully saturated rings. The van der Waals surface area contributed by atoms with Gasteiger partial charge in [0, 0.05) is 37.9 Å². The zero-order valence-corrected chi connectivity index (χ0v) is 23.9. The largest absolute Gasteiger partial charge is 0.462 e. The summed E-state index contributed by atoms with van der Waals surface area (Å²) in [6.45, 7) is 12.1. The van der Waals surface area contributed by atoms with Crippen LogP contribution in [0.2, 0.25) is 0 Å². The highest BCUT2D eigenvalue weighted by Crippen LogP contribution is 2.73. The predicted octanol–water partition coefficient (Wildman–Crippen LogP) is 3.55. The molecule has 4 aliphatic carbocycles. The van der Waals surface area contributed by atoms with E-state index in [1.807, 2.05) is 13.8 Å². The number of aliphatic hydroxyl groups excluding tert-OH is 1. The lowest BCUT2D eigenvalue weighted by molar-refractivity contribution is -0.239. The molecule has 0 aromatic heterocycles. The summed E-state index contributed by atoms with van der Waals surface area (Å²) in [7, 11) is 2.90. The smallest absolute Gasteiger partial charge is 0.302 e. The highest BCUT2D eigenvalue weighted by Gasteiger charge is 2.72. The van der Waals surface area contributed by atoms with Gasteiger partial charge >= 0.3 is 5.97 Å². The van der Waals surface area contributed by atoms with E-state index in [-0.39, 0.29) is 29.0 Å². The van der Waals surface area contributed by atoms with Crippen molar-refractivity contribution in [1.82, 2.24) is 0 Å². The van der Waals surface area contributed by atoms with Crippen LogP contribution in [-0.2, 0) is 28.5 Å². The van der Waals surface area contributed by atoms with Crippen LogP contribution in [0.5, 0.6) is 0 Å². The van der Waals surface area contributed by atoms with Gasteiger partial charge in [0.05, 0.1) is 0 Å². The maximum Gasteiger partial charge on any atom is 0.302 e. The molecule has 8 heteroatoms. The van der Waals surface area contributed by atoms with Crippen LogP contribution in [0.25, 0.3) is 0 Å². The molecule has 1 saturated heterocycles. The molecule has 1 aliphatic heterocycles. The van der Waals surface area contributed by atoms with E-state index < -0.39 is 52.6 Å². The molecule has 0 aromatic carbocycles. The van der Waals surface area contributed by atoms with Crippen molar-refractivity contribution in [2.45, 2.75) is 97.6 Å². The van der Waals surface area contributed by atoms with Crippen LogP contribution in [0.3, 0.4) is 0 Å². The van der Waals surface area contributed by atoms with Crippen molar-refractivity contribution in [2.24, 2.45) is 39.4 Å². The third kappa shape index (κ3) is 3.33. The number of fused-ring (bicyclic) bond motifs is 5. The molecule has 0 amide bonds. The Morgan fingerprint density at radius 2 is 1.76 bits per heavy atom. The number of esters is 1. The van der Waals surface area contributed by atoms with E-state index >= 15 is 0 Å². The van der Waals surface area contributed by atoms with E-state index in [0.29, 0.717) is 12.8 Å². The first-order chi connectivity index (χ1) is 17.6. The van der Waals surface area contributed by atoms with Crippen molar-refractivity contribution in [3.05, 3.63) is 23.8 Å². The molecule has 11 atom stereocenters. The fourth-order valence-corrected chi connectivity index (χ4v) is 9.78. The van der Waals surface area contributed by atoms with Crippen molar-refractivity contribution < 1.29 is 38.7 Å². The molecule has 5 aliphatic rings. The van der Waals surface area contributed by atoms with Crippen molar-refractivity contribution in [1.29, 1.82) is 0 Å². The lowest BCUT2D eigenvalue weighted by Crippen LogP contribution is -2.66. The molecule has 0 aromatic rings. The summed E-state index contributed by atoms with van der Waals surface area (Å²) in [5.74, 6) is -0.485. The topological polar surface area (TPSA) is 112 Å². The van der Waals surface area contributed by atoms with E-state index in [1.54, 1.807) is 6.08 Å². The number of hydrogen-bond donors (Lipinski definition) is 2. The average molecular weight is 533 g/mol. The number of rotatable bonds is 4. The predicted molar refractivity (Wildman–Crippen MR) is 138 cm³/mol. The first kappa shape index (κ1) is 28.0. The second kappa shape index (κ2) is 8.71. The maximum atomic E-state index is 13.0. The Labute approximate surface area is 225 Å². The number of aliphatic hydroxyl groups is 2. The van der Waals surface area contributed by atoms with E-state index in [4.69, 9.17) is 18.9 Å². The Hall–Kier alpha value is -1.58. The second-order valence-electron chi connectivity index (χ2n) is 13.5. The molecule has 5 rings (SSSR count). The Morgan fingerprint density at radius 1 is 1.08 bits per heavy atom. The monoisotopic (exact) mass is 532 g/mol. The van der Waals surface area contributed by atoms with E-state index in [1.165, 1.54) is 21.1 Å². The average Bonchev–Trinajstić information content (AvgIpc) is 3.33. The Morgan fingerprint density at radius 3 is 2.37 bits per heavy atom. The highest BCUT2D eigenvalue weighted by molar-refractivity contribution is 5.95. The zero-order chi connectivity index (χ0) is 28.1. The Bertz CT molecular complexity index is 1080. The molecule has 38 heavy (non-hydrogen) atoms. The summed E-state index contributed by atoms with van der Waals surface area (Å²) in [5.41, 5.74) is -2.41. The lowest BCUT2D eigenvalue weighted by atomic mass is 9.38. The van der Waals surface area contributed by atoms with Gasteiger partial charge in [-0.2, -0.15) is 0 Å². The summed E-state index contributed by atoms with van der Waals surface area (Å²) in [4.78, 5) is 25.4. The van der Waals surface area contributed by atoms with Crippen molar-refractivity contribution in [2.75, 3.05) is 14.2 Å². The molecule has 0 spiro atoms. The quantitative estimate of drug-likeness (QED) is 0.418. The van der Waals surface area contributed by atoms with Crippen LogP contribution in [0.15, 0.2) is 23.8 Å². The summed E-state index contributed by atoms with van der Waals surface area (Å²) in [6.07, 6.45) is 4.99. The second-order valence-corrected chi connectivity index (χ2v) is 13.5. The van der Waals surface area contributed by atoms with Crippen molar-refractivity contribution in [3.63, 3.8) is 0 Å². The standard InChI is InChI=1S/C30H44O8/c1-16(31)37-22-15-20-26(2,3)21(32)12-14-28(20,5)18-11-13-27(4)17(29(18,22)6)9-10-19(27)30(34)23(33)24(35-7)38-25(30)36-8/h9,12,14,18-20,22-25,33-34H,10-11,13,15H2,1-8H3/t18-,19-,20+,22-,23-,24+,25+,27-,28-,29+,30-/m1/s1. The van der Waals surface area contributed by atoms with Gasteiger partial charge in [-0.15, -0.1) is 0 Å². The van der Waals surface area contributed by atoms with E-state index in [9.17, 15) is 19.8 Å². The Kier molecular flexibility index (Phi) is 6.41. The van der Waals surface area contributed by atoms with Crippen LogP contribution in [0.4, 0.5) is 0 Å². The van der Waals surface area contributed by atoms with Crippen molar-refractivity contribution >= 4 is 11.8 Å². The third-order valence-corrected chi connectivity index (χ3v) is 11.6. The molecule has 2 saturated carbocycles. The number of ketones is 1. The SMILES string of the molecule is CO[C@H]1O[C@H](OC)[C@@](O)([C@@H]2CC=C3[C@@]4(C)[C@H](CC[C@]32C)[C@@]2(C)C=CC(=O)C(C)(C)[C@@H]2C[C@H]4OC(C)=O)[C@@H]1O. The molecule has 0 unspecified atom stereocenters. The number of carbonyl (C=O) groups is 2. The van der Waals surface area contributed by atoms with Gasteiger partial charge in [-0.3, -0.25) is 9.59 Å². The number of hydrogen-bond acceptors (Lipinski definition) is 8. The van der Waals surface area contributed by atoms with Gasteiger partial charge in [0.2, 0.25) is 0 Å². The van der Waals surface area contributed by atoms with Gasteiger partial charge in [-0.05, 0) is 54.4 Å². The lowest BCUT2D eigenvalue weighted by Gasteiger charge is -2.66. The van der Waals surface area contributed by atoms with Gasteiger partial charge in [-0.25, -0.2) is 0 Å². The van der Waals surface area contributed by atoms with E-state index in [2.05, 4.69) is 32.9 Å². The maximum absolute atomic E-state index is 13.0. The van der Waals surface area contributed by atoms with Gasteiger partial charge in [-0.1, -0.05) is 52.3 Å². The van der Waals surface area contributed by atoms with Gasteiger partial charge in [0.1, 0.15) is 17.8 Å². The number of methoxy groups -OCH3 is 2. The summed E-state index contributed by atoms with van der Waals surface area (Å²) in [5, 5.41) is 23.3. The minimum Gasteiger partial charge on any atom is -0.462 e. The number of carbonyl (C=O) groups excluding carboxylic acids is 2. The van der Waals surface area contributed by atoms with Crippen molar-refractivity contribution in [3.8, 4) is 0 Å². The van der Waals surface area contributed by atoms with Gasteiger partial charge < -0.3 is 29.2 Å². The fraction of sp³-hybridized carbons (Fsp3) is 0.800. The van der Waals surface area contributed by atoms with Gasteiger partial charge in [0.25, 0.3) is 0 Å². The first-order valence-corrected chi connectivity index (χ1v) is 13.9. The molecule has 8 nitrogen and oxygen atoms in total. The van der Waals surface area contributed by atoms with Crippen LogP contribution >= 0.6 is 0 Å². The molecule has 0 bridgehead atoms. The Balaban J connectivity index is 1.61. The van der Waals surface area contributed by atoms with E-state index in [0.717, 1.165) is 18.4 Å². The number of allylic oxidation sites excluding steroid dienone is 3. The van der Waals surface area contributed by atoms with Crippen LogP contribution in [0.1, 0.15) is 67.2 Å². The molecule has 1 heterocycles. The minimum atomic E-state index is -1.69.